The molecule has 1 amide bonds. The van der Waals surface area contributed by atoms with Gasteiger partial charge in [0.15, 0.2) is 11.5 Å². The molecule has 1 aliphatic rings. The number of amides is 1. The fourth-order valence-corrected chi connectivity index (χ4v) is 2.39. The second-order valence-electron chi connectivity index (χ2n) is 6.03. The van der Waals surface area contributed by atoms with Crippen molar-refractivity contribution in [2.75, 3.05) is 13.2 Å². The minimum atomic E-state index is -0.191. The van der Waals surface area contributed by atoms with Gasteiger partial charge in [-0.15, -0.1) is 6.58 Å². The van der Waals surface area contributed by atoms with Gasteiger partial charge < -0.3 is 14.8 Å². The zero-order chi connectivity index (χ0) is 16.7. The van der Waals surface area contributed by atoms with Crippen LogP contribution in [0.25, 0.3) is 0 Å². The van der Waals surface area contributed by atoms with E-state index in [2.05, 4.69) is 43.7 Å². The van der Waals surface area contributed by atoms with E-state index in [0.717, 1.165) is 23.5 Å². The van der Waals surface area contributed by atoms with Crippen molar-refractivity contribution in [2.24, 2.45) is 0 Å². The highest BCUT2D eigenvalue weighted by Gasteiger charge is 2.32. The number of allylic oxidation sites excluding steroid dienone is 1. The molecule has 1 heterocycles. The first kappa shape index (κ1) is 17.0. The summed E-state index contributed by atoms with van der Waals surface area (Å²) in [5.41, 5.74) is 0.971. The number of para-hydroxylation sites is 1. The van der Waals surface area contributed by atoms with Crippen LogP contribution >= 0.6 is 0 Å². The molecule has 2 rings (SSSR count). The first-order valence-electron chi connectivity index (χ1n) is 7.79. The number of benzene rings is 1. The number of hydrogen-bond acceptors (Lipinski definition) is 3. The number of carbonyl (C=O) groups excluding carboxylic acids is 1. The topological polar surface area (TPSA) is 47.6 Å². The molecular weight excluding hydrogens is 290 g/mol. The Bertz CT molecular complexity index is 638. The van der Waals surface area contributed by atoms with Crippen LogP contribution < -0.4 is 14.8 Å². The zero-order valence-corrected chi connectivity index (χ0v) is 13.8. The fourth-order valence-electron chi connectivity index (χ4n) is 2.39. The van der Waals surface area contributed by atoms with E-state index in [4.69, 9.17) is 9.47 Å². The van der Waals surface area contributed by atoms with E-state index in [1.54, 1.807) is 6.08 Å². The molecule has 0 aromatic heterocycles. The molecular formula is C19H23NO3. The van der Waals surface area contributed by atoms with E-state index in [1.165, 1.54) is 0 Å². The molecule has 1 aliphatic heterocycles. The van der Waals surface area contributed by atoms with E-state index in [-0.39, 0.29) is 18.1 Å². The monoisotopic (exact) mass is 313 g/mol. The molecule has 4 heteroatoms. The molecule has 0 bridgehead atoms. The van der Waals surface area contributed by atoms with E-state index in [9.17, 15) is 4.79 Å². The Morgan fingerprint density at radius 2 is 2.30 bits per heavy atom. The first-order chi connectivity index (χ1) is 11.0. The van der Waals surface area contributed by atoms with Gasteiger partial charge in [0.2, 0.25) is 5.91 Å². The van der Waals surface area contributed by atoms with Gasteiger partial charge in [-0.2, -0.15) is 0 Å². The van der Waals surface area contributed by atoms with Crippen LogP contribution in [-0.4, -0.2) is 24.7 Å². The third kappa shape index (κ3) is 5.07. The van der Waals surface area contributed by atoms with Crippen LogP contribution in [0.15, 0.2) is 30.9 Å². The van der Waals surface area contributed by atoms with Crippen LogP contribution in [-0.2, 0) is 11.2 Å². The molecule has 23 heavy (non-hydrogen) atoms. The highest BCUT2D eigenvalue weighted by atomic mass is 16.5. The molecule has 0 radical (unpaired) electrons. The number of nitrogens with one attached hydrogen (secondary N) is 1. The number of carbonyl (C=O) groups is 1. The van der Waals surface area contributed by atoms with E-state index in [0.29, 0.717) is 19.4 Å². The molecule has 122 valence electrons. The Kier molecular flexibility index (Phi) is 5.70. The summed E-state index contributed by atoms with van der Waals surface area (Å²) < 4.78 is 11.6. The highest BCUT2D eigenvalue weighted by Crippen LogP contribution is 2.41. The zero-order valence-electron chi connectivity index (χ0n) is 13.8. The summed E-state index contributed by atoms with van der Waals surface area (Å²) in [6, 6.07) is 5.91. The lowest BCUT2D eigenvalue weighted by atomic mass is 10.0. The van der Waals surface area contributed by atoms with E-state index < -0.39 is 0 Å². The normalized spacial score (nSPS) is 14.0. The van der Waals surface area contributed by atoms with Gasteiger partial charge in [-0.3, -0.25) is 4.79 Å². The van der Waals surface area contributed by atoms with Crippen molar-refractivity contribution >= 4 is 5.91 Å². The molecule has 1 aromatic carbocycles. The quantitative estimate of drug-likeness (QED) is 0.649. The Morgan fingerprint density at radius 1 is 1.48 bits per heavy atom. The number of ether oxygens (including phenoxy) is 2. The summed E-state index contributed by atoms with van der Waals surface area (Å²) >= 11 is 0. The lowest BCUT2D eigenvalue weighted by molar-refractivity contribution is -0.120. The van der Waals surface area contributed by atoms with Crippen LogP contribution in [0.4, 0.5) is 0 Å². The van der Waals surface area contributed by atoms with Crippen LogP contribution in [0, 0.1) is 11.8 Å². The Labute approximate surface area is 137 Å². The smallest absolute Gasteiger partial charge is 0.221 e. The van der Waals surface area contributed by atoms with Crippen molar-refractivity contribution in [1.82, 2.24) is 5.32 Å². The van der Waals surface area contributed by atoms with Gasteiger partial charge in [-0.25, -0.2) is 0 Å². The summed E-state index contributed by atoms with van der Waals surface area (Å²) in [6.07, 6.45) is 3.73. The van der Waals surface area contributed by atoms with Crippen molar-refractivity contribution < 1.29 is 14.3 Å². The van der Waals surface area contributed by atoms with Gasteiger partial charge in [0.25, 0.3) is 0 Å². The first-order valence-corrected chi connectivity index (χ1v) is 7.79. The lowest BCUT2D eigenvalue weighted by Gasteiger charge is -2.17. The maximum atomic E-state index is 11.4. The molecule has 1 aromatic rings. The van der Waals surface area contributed by atoms with E-state index >= 15 is 0 Å². The Morgan fingerprint density at radius 3 is 3.09 bits per heavy atom. The summed E-state index contributed by atoms with van der Waals surface area (Å²) in [5.74, 6) is 7.29. The van der Waals surface area contributed by atoms with Crippen molar-refractivity contribution in [2.45, 2.75) is 38.7 Å². The van der Waals surface area contributed by atoms with Gasteiger partial charge in [0, 0.05) is 18.4 Å². The number of rotatable bonds is 6. The van der Waals surface area contributed by atoms with E-state index in [1.807, 2.05) is 12.1 Å². The van der Waals surface area contributed by atoms with Gasteiger partial charge in [-0.05, 0) is 26.3 Å². The summed E-state index contributed by atoms with van der Waals surface area (Å²) in [4.78, 5) is 11.4. The molecule has 0 atom stereocenters. The average Bonchev–Trinajstić information content (AvgIpc) is 2.83. The van der Waals surface area contributed by atoms with Crippen molar-refractivity contribution in [3.05, 3.63) is 36.4 Å². The van der Waals surface area contributed by atoms with Crippen molar-refractivity contribution in [3.63, 3.8) is 0 Å². The average molecular weight is 313 g/mol. The minimum absolute atomic E-state index is 0.0170. The van der Waals surface area contributed by atoms with Crippen LogP contribution in [0.5, 0.6) is 11.5 Å². The predicted molar refractivity (Wildman–Crippen MR) is 90.6 cm³/mol. The molecule has 0 aliphatic carbocycles. The summed E-state index contributed by atoms with van der Waals surface area (Å²) in [6.45, 7) is 8.30. The Balaban J connectivity index is 1.78. The summed E-state index contributed by atoms with van der Waals surface area (Å²) in [5, 5.41) is 2.73. The molecule has 0 spiro atoms. The SMILES string of the molecule is C=CCCC(=O)NCC#CCOc1cccc2c1OC(C)(C)C2. The second kappa shape index (κ2) is 7.73. The lowest BCUT2D eigenvalue weighted by Crippen LogP contribution is -2.24. The van der Waals surface area contributed by atoms with Crippen LogP contribution in [0.1, 0.15) is 32.3 Å². The predicted octanol–water partition coefficient (Wildman–Crippen LogP) is 2.86. The van der Waals surface area contributed by atoms with Crippen LogP contribution in [0.3, 0.4) is 0 Å². The van der Waals surface area contributed by atoms with Crippen LogP contribution in [0.2, 0.25) is 0 Å². The fraction of sp³-hybridized carbons (Fsp3) is 0.421. The molecule has 0 saturated heterocycles. The standard InChI is InChI=1S/C19H23NO3/c1-4-5-11-17(21)20-12-6-7-13-22-16-10-8-9-15-14-19(2,3)23-18(15)16/h4,8-10H,1,5,11-14H2,2-3H3,(H,20,21). The molecule has 0 fully saturated rings. The van der Waals surface area contributed by atoms with Gasteiger partial charge in [-0.1, -0.05) is 30.0 Å². The molecule has 0 unspecified atom stereocenters. The molecule has 0 saturated carbocycles. The third-order valence-electron chi connectivity index (χ3n) is 3.43. The van der Waals surface area contributed by atoms with Crippen molar-refractivity contribution in [3.8, 4) is 23.3 Å². The molecule has 1 N–H and O–H groups in total. The van der Waals surface area contributed by atoms with Gasteiger partial charge in [0.05, 0.1) is 6.54 Å². The maximum Gasteiger partial charge on any atom is 0.221 e. The van der Waals surface area contributed by atoms with Gasteiger partial charge >= 0.3 is 0 Å². The minimum Gasteiger partial charge on any atom is -0.483 e. The maximum absolute atomic E-state index is 11.4. The number of fused-ring (bicyclic) bond motifs is 1. The summed E-state index contributed by atoms with van der Waals surface area (Å²) in [7, 11) is 0. The van der Waals surface area contributed by atoms with Crippen molar-refractivity contribution in [1.29, 1.82) is 0 Å². The van der Waals surface area contributed by atoms with Gasteiger partial charge in [0.1, 0.15) is 12.2 Å². The second-order valence-corrected chi connectivity index (χ2v) is 6.03. The highest BCUT2D eigenvalue weighted by molar-refractivity contribution is 5.76. The molecule has 4 nitrogen and oxygen atoms in total. The largest absolute Gasteiger partial charge is 0.483 e. The number of hydrogen-bond donors (Lipinski definition) is 1. The Hall–Kier alpha value is -2.41. The third-order valence-corrected chi connectivity index (χ3v) is 3.43.